The van der Waals surface area contributed by atoms with Gasteiger partial charge in [-0.25, -0.2) is 12.8 Å². The summed E-state index contributed by atoms with van der Waals surface area (Å²) in [6.07, 6.45) is 0.999. The summed E-state index contributed by atoms with van der Waals surface area (Å²) in [6.45, 7) is 6.47. The van der Waals surface area contributed by atoms with Crippen molar-refractivity contribution in [2.24, 2.45) is 11.8 Å². The van der Waals surface area contributed by atoms with Crippen LogP contribution in [-0.4, -0.2) is 25.3 Å². The SMILES string of the molecule is CC1CC(C)C(C)N(S(=O)(=O)c2cc(F)ccc2CCl)C1. The lowest BCUT2D eigenvalue weighted by molar-refractivity contribution is 0.157. The Morgan fingerprint density at radius 2 is 2.00 bits per heavy atom. The topological polar surface area (TPSA) is 37.4 Å². The number of sulfonamides is 1. The fourth-order valence-electron chi connectivity index (χ4n) is 2.99. The molecule has 1 aromatic rings. The van der Waals surface area contributed by atoms with E-state index in [1.807, 2.05) is 13.8 Å². The van der Waals surface area contributed by atoms with Gasteiger partial charge in [0, 0.05) is 18.5 Å². The van der Waals surface area contributed by atoms with Crippen molar-refractivity contribution in [2.75, 3.05) is 6.54 Å². The molecule has 1 aliphatic rings. The molecule has 1 aliphatic heterocycles. The van der Waals surface area contributed by atoms with E-state index in [0.717, 1.165) is 12.5 Å². The third-order valence-corrected chi connectivity index (χ3v) is 6.63. The van der Waals surface area contributed by atoms with Gasteiger partial charge in [-0.1, -0.05) is 19.9 Å². The van der Waals surface area contributed by atoms with E-state index in [4.69, 9.17) is 11.6 Å². The molecule has 0 aromatic heterocycles. The van der Waals surface area contributed by atoms with Crippen LogP contribution in [0.15, 0.2) is 23.1 Å². The Bertz CT molecular complexity index is 620. The molecule has 0 N–H and O–H groups in total. The zero-order valence-corrected chi connectivity index (χ0v) is 14.1. The Morgan fingerprint density at radius 1 is 1.33 bits per heavy atom. The maximum atomic E-state index is 13.5. The van der Waals surface area contributed by atoms with Gasteiger partial charge in [0.25, 0.3) is 0 Å². The van der Waals surface area contributed by atoms with Gasteiger partial charge in [0.15, 0.2) is 0 Å². The Morgan fingerprint density at radius 3 is 2.62 bits per heavy atom. The highest BCUT2D eigenvalue weighted by molar-refractivity contribution is 7.89. The van der Waals surface area contributed by atoms with Crippen molar-refractivity contribution in [2.45, 2.75) is 44.0 Å². The van der Waals surface area contributed by atoms with E-state index >= 15 is 0 Å². The number of hydrogen-bond donors (Lipinski definition) is 0. The molecule has 1 heterocycles. The van der Waals surface area contributed by atoms with E-state index in [1.54, 1.807) is 0 Å². The van der Waals surface area contributed by atoms with Gasteiger partial charge in [-0.15, -0.1) is 11.6 Å². The number of benzene rings is 1. The molecule has 0 bridgehead atoms. The third-order valence-electron chi connectivity index (χ3n) is 4.30. The Labute approximate surface area is 131 Å². The first-order valence-corrected chi connectivity index (χ1v) is 9.11. The molecule has 0 spiro atoms. The van der Waals surface area contributed by atoms with Crippen molar-refractivity contribution < 1.29 is 12.8 Å². The van der Waals surface area contributed by atoms with Crippen LogP contribution < -0.4 is 0 Å². The maximum absolute atomic E-state index is 13.5. The first-order valence-electron chi connectivity index (χ1n) is 7.13. The van der Waals surface area contributed by atoms with E-state index in [0.29, 0.717) is 18.0 Å². The van der Waals surface area contributed by atoms with Gasteiger partial charge < -0.3 is 0 Å². The van der Waals surface area contributed by atoms with Gasteiger partial charge in [-0.3, -0.25) is 0 Å². The minimum Gasteiger partial charge on any atom is -0.207 e. The lowest BCUT2D eigenvalue weighted by atomic mass is 9.88. The summed E-state index contributed by atoms with van der Waals surface area (Å²) in [5.41, 5.74) is 0.441. The van der Waals surface area contributed by atoms with E-state index in [2.05, 4.69) is 6.92 Å². The molecule has 21 heavy (non-hydrogen) atoms. The van der Waals surface area contributed by atoms with E-state index in [-0.39, 0.29) is 22.7 Å². The molecule has 3 unspecified atom stereocenters. The lowest BCUT2D eigenvalue weighted by Crippen LogP contribution is -2.48. The summed E-state index contributed by atoms with van der Waals surface area (Å²) in [7, 11) is -3.73. The Balaban J connectivity index is 2.48. The largest absolute Gasteiger partial charge is 0.243 e. The molecule has 2 rings (SSSR count). The van der Waals surface area contributed by atoms with Crippen molar-refractivity contribution >= 4 is 21.6 Å². The fourth-order valence-corrected chi connectivity index (χ4v) is 5.38. The number of piperidine rings is 1. The van der Waals surface area contributed by atoms with Crippen molar-refractivity contribution in [3.63, 3.8) is 0 Å². The summed E-state index contributed by atoms with van der Waals surface area (Å²) < 4.78 is 40.8. The minimum absolute atomic E-state index is 0.00866. The summed E-state index contributed by atoms with van der Waals surface area (Å²) in [4.78, 5) is -0.00866. The molecular formula is C15H21ClFNO2S. The monoisotopic (exact) mass is 333 g/mol. The second kappa shape index (κ2) is 6.23. The van der Waals surface area contributed by atoms with Gasteiger partial charge in [-0.05, 0) is 42.9 Å². The number of nitrogens with zero attached hydrogens (tertiary/aromatic N) is 1. The molecule has 6 heteroatoms. The lowest BCUT2D eigenvalue weighted by Gasteiger charge is -2.40. The van der Waals surface area contributed by atoms with Gasteiger partial charge in [0.05, 0.1) is 4.90 Å². The van der Waals surface area contributed by atoms with Crippen molar-refractivity contribution in [3.05, 3.63) is 29.6 Å². The highest BCUT2D eigenvalue weighted by Gasteiger charge is 2.38. The molecule has 0 radical (unpaired) electrons. The number of alkyl halides is 1. The number of halogens is 2. The predicted molar refractivity (Wildman–Crippen MR) is 82.3 cm³/mol. The number of rotatable bonds is 3. The van der Waals surface area contributed by atoms with Crippen LogP contribution in [0.3, 0.4) is 0 Å². The Kier molecular flexibility index (Phi) is 4.96. The van der Waals surface area contributed by atoms with Gasteiger partial charge in [0.2, 0.25) is 10.0 Å². The molecule has 1 aromatic carbocycles. The zero-order valence-electron chi connectivity index (χ0n) is 12.5. The standard InChI is InChI=1S/C15H21ClFNO2S/c1-10-6-11(2)12(3)18(9-10)21(19,20)15-7-14(17)5-4-13(15)8-16/h4-5,7,10-12H,6,8-9H2,1-3H3. The van der Waals surface area contributed by atoms with Gasteiger partial charge in [0.1, 0.15) is 5.82 Å². The van der Waals surface area contributed by atoms with Crippen molar-refractivity contribution in [3.8, 4) is 0 Å². The smallest absolute Gasteiger partial charge is 0.207 e. The third kappa shape index (κ3) is 3.25. The molecule has 118 valence electrons. The normalized spacial score (nSPS) is 27.8. The molecule has 0 saturated carbocycles. The van der Waals surface area contributed by atoms with Crippen molar-refractivity contribution in [1.82, 2.24) is 4.31 Å². The highest BCUT2D eigenvalue weighted by Crippen LogP contribution is 2.33. The van der Waals surface area contributed by atoms with Crippen molar-refractivity contribution in [1.29, 1.82) is 0 Å². The van der Waals surface area contributed by atoms with E-state index < -0.39 is 15.8 Å². The van der Waals surface area contributed by atoms with Crippen LogP contribution in [0.5, 0.6) is 0 Å². The first kappa shape index (κ1) is 16.7. The van der Waals surface area contributed by atoms with Crippen LogP contribution in [0, 0.1) is 17.7 Å². The average Bonchev–Trinajstić information content (AvgIpc) is 2.42. The second-order valence-corrected chi connectivity index (χ2v) is 8.15. The summed E-state index contributed by atoms with van der Waals surface area (Å²) in [6, 6.07) is 3.65. The average molecular weight is 334 g/mol. The molecule has 1 fully saturated rings. The molecule has 1 saturated heterocycles. The van der Waals surface area contributed by atoms with Crippen LogP contribution in [-0.2, 0) is 15.9 Å². The first-order chi connectivity index (χ1) is 9.77. The predicted octanol–water partition coefficient (Wildman–Crippen LogP) is 3.62. The van der Waals surface area contributed by atoms with Gasteiger partial charge in [-0.2, -0.15) is 4.31 Å². The summed E-state index contributed by atoms with van der Waals surface area (Å²) >= 11 is 5.82. The minimum atomic E-state index is -3.73. The molecule has 0 amide bonds. The summed E-state index contributed by atoms with van der Waals surface area (Å²) in [5.74, 6) is 0.0473. The van der Waals surface area contributed by atoms with Gasteiger partial charge >= 0.3 is 0 Å². The van der Waals surface area contributed by atoms with Crippen LogP contribution >= 0.6 is 11.6 Å². The van der Waals surface area contributed by atoms with Crippen LogP contribution in [0.1, 0.15) is 32.8 Å². The molecular weight excluding hydrogens is 313 g/mol. The zero-order chi connectivity index (χ0) is 15.8. The highest BCUT2D eigenvalue weighted by atomic mass is 35.5. The van der Waals surface area contributed by atoms with E-state index in [9.17, 15) is 12.8 Å². The Hall–Kier alpha value is -0.650. The second-order valence-electron chi connectivity index (χ2n) is 6.02. The fraction of sp³-hybridized carbons (Fsp3) is 0.600. The quantitative estimate of drug-likeness (QED) is 0.792. The maximum Gasteiger partial charge on any atom is 0.243 e. The van der Waals surface area contributed by atoms with Crippen LogP contribution in [0.2, 0.25) is 0 Å². The molecule has 0 aliphatic carbocycles. The van der Waals surface area contributed by atoms with E-state index in [1.165, 1.54) is 16.4 Å². The molecule has 3 nitrogen and oxygen atoms in total. The van der Waals surface area contributed by atoms with Crippen LogP contribution in [0.25, 0.3) is 0 Å². The van der Waals surface area contributed by atoms with Crippen LogP contribution in [0.4, 0.5) is 4.39 Å². The number of hydrogen-bond acceptors (Lipinski definition) is 2. The summed E-state index contributed by atoms with van der Waals surface area (Å²) in [5, 5.41) is 0. The molecule has 3 atom stereocenters.